The molecule has 128 valence electrons. The van der Waals surface area contributed by atoms with Gasteiger partial charge in [0.05, 0.1) is 21.2 Å². The van der Waals surface area contributed by atoms with Gasteiger partial charge in [0, 0.05) is 11.8 Å². The number of ether oxygens (including phenoxy) is 1. The number of thiocarbonyl (C=S) groups is 1. The maximum absolute atomic E-state index is 12.0. The van der Waals surface area contributed by atoms with Crippen LogP contribution in [0.15, 0.2) is 40.8 Å². The SMILES string of the molecule is COc1cccc(NC(=S)NNC(=O)c2ccc(C[NH+](C)C)o2)c1. The van der Waals surface area contributed by atoms with Gasteiger partial charge in [-0.2, -0.15) is 0 Å². The minimum atomic E-state index is -0.398. The van der Waals surface area contributed by atoms with Crippen LogP contribution in [-0.4, -0.2) is 32.2 Å². The number of carbonyl (C=O) groups is 1. The van der Waals surface area contributed by atoms with Crippen LogP contribution >= 0.6 is 12.2 Å². The molecule has 1 aromatic heterocycles. The maximum Gasteiger partial charge on any atom is 0.305 e. The zero-order chi connectivity index (χ0) is 17.5. The molecular formula is C16H21N4O3S+. The van der Waals surface area contributed by atoms with Gasteiger partial charge in [-0.05, 0) is 36.5 Å². The zero-order valence-electron chi connectivity index (χ0n) is 13.8. The van der Waals surface area contributed by atoms with Gasteiger partial charge < -0.3 is 19.4 Å². The van der Waals surface area contributed by atoms with Crippen LogP contribution in [0.2, 0.25) is 0 Å². The molecule has 24 heavy (non-hydrogen) atoms. The van der Waals surface area contributed by atoms with E-state index in [-0.39, 0.29) is 10.9 Å². The van der Waals surface area contributed by atoms with Gasteiger partial charge in [0.15, 0.2) is 16.6 Å². The van der Waals surface area contributed by atoms with Gasteiger partial charge in [-0.3, -0.25) is 15.6 Å². The number of hydrazine groups is 1. The van der Waals surface area contributed by atoms with Crippen LogP contribution in [0.25, 0.3) is 0 Å². The molecule has 0 atom stereocenters. The van der Waals surface area contributed by atoms with E-state index in [1.807, 2.05) is 32.3 Å². The first-order valence-corrected chi connectivity index (χ1v) is 7.78. The molecule has 1 heterocycles. The number of nitrogens with one attached hydrogen (secondary N) is 4. The largest absolute Gasteiger partial charge is 0.497 e. The molecule has 0 saturated heterocycles. The summed E-state index contributed by atoms with van der Waals surface area (Å²) < 4.78 is 10.6. The number of amides is 1. The van der Waals surface area contributed by atoms with Gasteiger partial charge in [0.1, 0.15) is 12.3 Å². The summed E-state index contributed by atoms with van der Waals surface area (Å²) in [6.45, 7) is 0.705. The number of furan rings is 1. The van der Waals surface area contributed by atoms with Crippen LogP contribution in [0.4, 0.5) is 5.69 Å². The minimum absolute atomic E-state index is 0.225. The summed E-state index contributed by atoms with van der Waals surface area (Å²) in [6.07, 6.45) is 0. The highest BCUT2D eigenvalue weighted by Crippen LogP contribution is 2.16. The second kappa shape index (κ2) is 8.32. The first-order valence-electron chi connectivity index (χ1n) is 7.37. The van der Waals surface area contributed by atoms with Gasteiger partial charge in [0.2, 0.25) is 0 Å². The Balaban J connectivity index is 1.84. The molecule has 8 heteroatoms. The molecule has 0 fully saturated rings. The lowest BCUT2D eigenvalue weighted by atomic mass is 10.3. The summed E-state index contributed by atoms with van der Waals surface area (Å²) in [7, 11) is 5.60. The van der Waals surface area contributed by atoms with Crippen LogP contribution in [0, 0.1) is 0 Å². The van der Waals surface area contributed by atoms with Crippen molar-refractivity contribution in [3.05, 3.63) is 47.9 Å². The second-order valence-corrected chi connectivity index (χ2v) is 5.82. The molecule has 0 aliphatic rings. The van der Waals surface area contributed by atoms with E-state index in [4.69, 9.17) is 21.4 Å². The number of carbonyl (C=O) groups excluding carboxylic acids is 1. The molecule has 2 rings (SSSR count). The Morgan fingerprint density at radius 2 is 2.04 bits per heavy atom. The predicted octanol–water partition coefficient (Wildman–Crippen LogP) is 0.564. The van der Waals surface area contributed by atoms with Crippen molar-refractivity contribution < 1.29 is 18.8 Å². The number of rotatable bonds is 5. The summed E-state index contributed by atoms with van der Waals surface area (Å²) in [5.74, 6) is 1.28. The molecule has 0 spiro atoms. The van der Waals surface area contributed by atoms with E-state index in [0.717, 1.165) is 11.4 Å². The lowest BCUT2D eigenvalue weighted by Crippen LogP contribution is -3.04. The molecule has 1 aromatic carbocycles. The number of benzene rings is 1. The van der Waals surface area contributed by atoms with Crippen LogP contribution in [0.5, 0.6) is 5.75 Å². The summed E-state index contributed by atoms with van der Waals surface area (Å²) in [4.78, 5) is 13.2. The quantitative estimate of drug-likeness (QED) is 0.467. The summed E-state index contributed by atoms with van der Waals surface area (Å²) in [6, 6.07) is 10.7. The maximum atomic E-state index is 12.0. The molecule has 2 aromatic rings. The molecule has 0 aliphatic carbocycles. The topological polar surface area (TPSA) is 80.0 Å². The predicted molar refractivity (Wildman–Crippen MR) is 95.0 cm³/mol. The minimum Gasteiger partial charge on any atom is -0.497 e. The molecule has 0 bridgehead atoms. The third-order valence-electron chi connectivity index (χ3n) is 3.03. The smallest absolute Gasteiger partial charge is 0.305 e. The monoisotopic (exact) mass is 349 g/mol. The summed E-state index contributed by atoms with van der Waals surface area (Å²) in [5.41, 5.74) is 5.87. The third-order valence-corrected chi connectivity index (χ3v) is 3.23. The lowest BCUT2D eigenvalue weighted by molar-refractivity contribution is -0.873. The standard InChI is InChI=1S/C16H20N4O3S/c1-20(2)10-13-7-8-14(23-13)15(21)18-19-16(24)17-11-5-4-6-12(9-11)22-3/h4-9H,10H2,1-3H3,(H,18,21)(H2,17,19,24)/p+1. The van der Waals surface area contributed by atoms with Crippen molar-refractivity contribution in [1.82, 2.24) is 10.9 Å². The number of hydrogen-bond donors (Lipinski definition) is 4. The molecule has 0 radical (unpaired) electrons. The van der Waals surface area contributed by atoms with Gasteiger partial charge in [-0.15, -0.1) is 0 Å². The normalized spacial score (nSPS) is 10.3. The first-order chi connectivity index (χ1) is 11.5. The van der Waals surface area contributed by atoms with E-state index in [9.17, 15) is 4.79 Å². The van der Waals surface area contributed by atoms with E-state index in [0.29, 0.717) is 12.3 Å². The van der Waals surface area contributed by atoms with Gasteiger partial charge in [-0.1, -0.05) is 6.07 Å². The lowest BCUT2D eigenvalue weighted by Gasteiger charge is -2.11. The fourth-order valence-corrected chi connectivity index (χ4v) is 2.15. The Kier molecular flexibility index (Phi) is 6.16. The highest BCUT2D eigenvalue weighted by molar-refractivity contribution is 7.80. The van der Waals surface area contributed by atoms with Gasteiger partial charge >= 0.3 is 5.91 Å². The Bertz CT molecular complexity index is 715. The fourth-order valence-electron chi connectivity index (χ4n) is 1.98. The van der Waals surface area contributed by atoms with Crippen LogP contribution < -0.4 is 25.8 Å². The molecule has 0 unspecified atom stereocenters. The van der Waals surface area contributed by atoms with Crippen LogP contribution in [-0.2, 0) is 6.54 Å². The van der Waals surface area contributed by atoms with E-state index < -0.39 is 5.91 Å². The van der Waals surface area contributed by atoms with E-state index in [1.165, 1.54) is 4.90 Å². The average molecular weight is 349 g/mol. The van der Waals surface area contributed by atoms with E-state index in [2.05, 4.69) is 16.2 Å². The van der Waals surface area contributed by atoms with E-state index >= 15 is 0 Å². The number of quaternary nitrogens is 1. The number of methoxy groups -OCH3 is 1. The fraction of sp³-hybridized carbons (Fsp3) is 0.250. The molecular weight excluding hydrogens is 328 g/mol. The van der Waals surface area contributed by atoms with E-state index in [1.54, 1.807) is 25.3 Å². The van der Waals surface area contributed by atoms with Crippen molar-refractivity contribution in [1.29, 1.82) is 0 Å². The first kappa shape index (κ1) is 17.8. The molecule has 1 amide bonds. The zero-order valence-corrected chi connectivity index (χ0v) is 14.6. The highest BCUT2D eigenvalue weighted by Gasteiger charge is 2.12. The van der Waals surface area contributed by atoms with Crippen molar-refractivity contribution >= 4 is 28.9 Å². The number of hydrogen-bond acceptors (Lipinski definition) is 4. The van der Waals surface area contributed by atoms with Crippen LogP contribution in [0.1, 0.15) is 16.3 Å². The van der Waals surface area contributed by atoms with Gasteiger partial charge in [-0.25, -0.2) is 0 Å². The van der Waals surface area contributed by atoms with Crippen molar-refractivity contribution in [3.63, 3.8) is 0 Å². The van der Waals surface area contributed by atoms with Crippen molar-refractivity contribution in [3.8, 4) is 5.75 Å². The van der Waals surface area contributed by atoms with Crippen LogP contribution in [0.3, 0.4) is 0 Å². The Morgan fingerprint density at radius 1 is 1.25 bits per heavy atom. The van der Waals surface area contributed by atoms with Crippen molar-refractivity contribution in [2.75, 3.05) is 26.5 Å². The molecule has 7 nitrogen and oxygen atoms in total. The number of anilines is 1. The summed E-state index contributed by atoms with van der Waals surface area (Å²) in [5, 5.41) is 3.20. The average Bonchev–Trinajstić information content (AvgIpc) is 3.00. The Labute approximate surface area is 145 Å². The Hall–Kier alpha value is -2.58. The molecule has 0 aliphatic heterocycles. The van der Waals surface area contributed by atoms with Crippen molar-refractivity contribution in [2.24, 2.45) is 0 Å². The molecule has 0 saturated carbocycles. The van der Waals surface area contributed by atoms with Crippen molar-refractivity contribution in [2.45, 2.75) is 6.54 Å². The van der Waals surface area contributed by atoms with Gasteiger partial charge in [0.25, 0.3) is 0 Å². The third kappa shape index (κ3) is 5.25. The Morgan fingerprint density at radius 3 is 2.75 bits per heavy atom. The molecule has 4 N–H and O–H groups in total. The highest BCUT2D eigenvalue weighted by atomic mass is 32.1. The second-order valence-electron chi connectivity index (χ2n) is 5.42. The summed E-state index contributed by atoms with van der Waals surface area (Å²) >= 11 is 5.13.